The SMILES string of the molecule is COc1ccc(-c2cc(=O)c3cccc(Cl)c3o2)c(OCCO[C@H]2C[C@H](C(=O)O)C2)c1. The van der Waals surface area contributed by atoms with E-state index in [1.54, 1.807) is 43.5 Å². The van der Waals surface area contributed by atoms with E-state index in [1.807, 2.05) is 0 Å². The van der Waals surface area contributed by atoms with E-state index in [4.69, 9.17) is 35.3 Å². The number of rotatable bonds is 8. The lowest BCUT2D eigenvalue weighted by Crippen LogP contribution is -2.37. The third-order valence-corrected chi connectivity index (χ3v) is 5.60. The Balaban J connectivity index is 1.52. The molecule has 0 unspecified atom stereocenters. The quantitative estimate of drug-likeness (QED) is 0.515. The van der Waals surface area contributed by atoms with Crippen LogP contribution in [0.25, 0.3) is 22.3 Å². The topological polar surface area (TPSA) is 95.2 Å². The summed E-state index contributed by atoms with van der Waals surface area (Å²) in [5.41, 5.74) is 0.686. The molecule has 1 aliphatic rings. The van der Waals surface area contributed by atoms with Gasteiger partial charge in [0.2, 0.25) is 0 Å². The zero-order chi connectivity index (χ0) is 22.0. The van der Waals surface area contributed by atoms with Crippen LogP contribution in [-0.2, 0) is 9.53 Å². The van der Waals surface area contributed by atoms with Crippen LogP contribution < -0.4 is 14.9 Å². The maximum atomic E-state index is 12.6. The number of carbonyl (C=O) groups is 1. The van der Waals surface area contributed by atoms with E-state index in [9.17, 15) is 9.59 Å². The fourth-order valence-corrected chi connectivity index (χ4v) is 3.71. The highest BCUT2D eigenvalue weighted by Crippen LogP contribution is 2.35. The molecule has 3 aromatic rings. The van der Waals surface area contributed by atoms with E-state index >= 15 is 0 Å². The van der Waals surface area contributed by atoms with Gasteiger partial charge in [0.25, 0.3) is 0 Å². The number of carboxylic acid groups (broad SMARTS) is 1. The van der Waals surface area contributed by atoms with Gasteiger partial charge >= 0.3 is 5.97 Å². The Morgan fingerprint density at radius 2 is 2.00 bits per heavy atom. The molecule has 4 rings (SSSR count). The molecule has 0 aliphatic heterocycles. The number of hydrogen-bond acceptors (Lipinski definition) is 6. The van der Waals surface area contributed by atoms with Gasteiger partial charge in [0.05, 0.1) is 41.7 Å². The number of halogens is 1. The summed E-state index contributed by atoms with van der Waals surface area (Å²) in [4.78, 5) is 23.4. The molecule has 1 aliphatic carbocycles. The maximum absolute atomic E-state index is 12.6. The van der Waals surface area contributed by atoms with Gasteiger partial charge in [-0.3, -0.25) is 9.59 Å². The molecule has 0 atom stereocenters. The fraction of sp³-hybridized carbons (Fsp3) is 0.304. The summed E-state index contributed by atoms with van der Waals surface area (Å²) >= 11 is 6.22. The molecule has 1 N–H and O–H groups in total. The minimum absolute atomic E-state index is 0.0601. The van der Waals surface area contributed by atoms with Crippen LogP contribution in [0.4, 0.5) is 0 Å². The first kappa shape index (κ1) is 21.2. The predicted molar refractivity (Wildman–Crippen MR) is 115 cm³/mol. The lowest BCUT2D eigenvalue weighted by molar-refractivity contribution is -0.151. The van der Waals surface area contributed by atoms with E-state index in [0.717, 1.165) is 0 Å². The zero-order valence-corrected chi connectivity index (χ0v) is 17.6. The number of hydrogen-bond donors (Lipinski definition) is 1. The maximum Gasteiger partial charge on any atom is 0.306 e. The van der Waals surface area contributed by atoms with Crippen molar-refractivity contribution < 1.29 is 28.5 Å². The summed E-state index contributed by atoms with van der Waals surface area (Å²) < 4.78 is 22.8. The summed E-state index contributed by atoms with van der Waals surface area (Å²) in [7, 11) is 1.55. The van der Waals surface area contributed by atoms with Crippen molar-refractivity contribution in [1.29, 1.82) is 0 Å². The normalized spacial score (nSPS) is 17.9. The van der Waals surface area contributed by atoms with Crippen molar-refractivity contribution >= 4 is 28.5 Å². The number of ether oxygens (including phenoxy) is 3. The molecule has 1 aromatic heterocycles. The Morgan fingerprint density at radius 3 is 2.74 bits per heavy atom. The van der Waals surface area contributed by atoms with Gasteiger partial charge in [-0.25, -0.2) is 0 Å². The summed E-state index contributed by atoms with van der Waals surface area (Å²) in [5, 5.41) is 9.68. The van der Waals surface area contributed by atoms with Gasteiger partial charge in [0.15, 0.2) is 11.0 Å². The van der Waals surface area contributed by atoms with E-state index < -0.39 is 5.97 Å². The average molecular weight is 445 g/mol. The number of para-hydroxylation sites is 1. The second-order valence-corrected chi connectivity index (χ2v) is 7.71. The Hall–Kier alpha value is -3.03. The van der Waals surface area contributed by atoms with Crippen molar-refractivity contribution in [3.63, 3.8) is 0 Å². The molecule has 8 heteroatoms. The Bertz CT molecular complexity index is 1160. The lowest BCUT2D eigenvalue weighted by atomic mass is 9.82. The van der Waals surface area contributed by atoms with Crippen molar-refractivity contribution in [1.82, 2.24) is 0 Å². The number of fused-ring (bicyclic) bond motifs is 1. The monoisotopic (exact) mass is 444 g/mol. The average Bonchev–Trinajstić information content (AvgIpc) is 2.72. The van der Waals surface area contributed by atoms with Crippen LogP contribution in [0.3, 0.4) is 0 Å². The third kappa shape index (κ3) is 4.52. The minimum atomic E-state index is -0.783. The lowest BCUT2D eigenvalue weighted by Gasteiger charge is -2.32. The molecular weight excluding hydrogens is 424 g/mol. The number of aliphatic carboxylic acids is 1. The Kier molecular flexibility index (Phi) is 6.15. The summed E-state index contributed by atoms with van der Waals surface area (Å²) in [5.74, 6) is 0.277. The molecule has 162 valence electrons. The molecule has 0 bridgehead atoms. The number of benzene rings is 2. The van der Waals surface area contributed by atoms with E-state index in [0.29, 0.717) is 58.3 Å². The van der Waals surface area contributed by atoms with Crippen molar-refractivity contribution in [2.75, 3.05) is 20.3 Å². The van der Waals surface area contributed by atoms with Crippen LogP contribution >= 0.6 is 11.6 Å². The first-order valence-electron chi connectivity index (χ1n) is 9.84. The van der Waals surface area contributed by atoms with Crippen LogP contribution in [0.15, 0.2) is 51.7 Å². The van der Waals surface area contributed by atoms with Gasteiger partial charge in [0.1, 0.15) is 23.9 Å². The standard InChI is InChI=1S/C23H21ClO7/c1-28-14-5-6-17(21-12-19(25)16-3-2-4-18(24)22(16)31-21)20(11-14)30-8-7-29-15-9-13(10-15)23(26)27/h2-6,11-13,15H,7-10H2,1H3,(H,26,27)/t13-,15-. The van der Waals surface area contributed by atoms with E-state index in [-0.39, 0.29) is 24.1 Å². The molecule has 1 heterocycles. The van der Waals surface area contributed by atoms with Crippen molar-refractivity contribution in [3.8, 4) is 22.8 Å². The molecule has 7 nitrogen and oxygen atoms in total. The minimum Gasteiger partial charge on any atom is -0.497 e. The second-order valence-electron chi connectivity index (χ2n) is 7.30. The van der Waals surface area contributed by atoms with Crippen LogP contribution in [0.1, 0.15) is 12.8 Å². The summed E-state index contributed by atoms with van der Waals surface area (Å²) in [6.07, 6.45) is 0.973. The van der Waals surface area contributed by atoms with Gasteiger partial charge in [-0.1, -0.05) is 17.7 Å². The van der Waals surface area contributed by atoms with Gasteiger partial charge in [0, 0.05) is 12.1 Å². The van der Waals surface area contributed by atoms with Crippen LogP contribution in [0.2, 0.25) is 5.02 Å². The number of carboxylic acids is 1. The largest absolute Gasteiger partial charge is 0.497 e. The number of methoxy groups -OCH3 is 1. The molecule has 0 amide bonds. The van der Waals surface area contributed by atoms with Crippen molar-refractivity contribution in [3.05, 3.63) is 57.7 Å². The first-order valence-corrected chi connectivity index (χ1v) is 10.2. The smallest absolute Gasteiger partial charge is 0.306 e. The molecular formula is C23H21ClO7. The molecule has 0 saturated heterocycles. The highest BCUT2D eigenvalue weighted by Gasteiger charge is 2.35. The van der Waals surface area contributed by atoms with Crippen LogP contribution in [-0.4, -0.2) is 37.5 Å². The van der Waals surface area contributed by atoms with Crippen molar-refractivity contribution in [2.24, 2.45) is 5.92 Å². The second kappa shape index (κ2) is 8.99. The summed E-state index contributed by atoms with van der Waals surface area (Å²) in [6, 6.07) is 11.6. The molecule has 31 heavy (non-hydrogen) atoms. The Morgan fingerprint density at radius 1 is 1.19 bits per heavy atom. The molecule has 1 saturated carbocycles. The van der Waals surface area contributed by atoms with Gasteiger partial charge in [-0.2, -0.15) is 0 Å². The van der Waals surface area contributed by atoms with Crippen LogP contribution in [0.5, 0.6) is 11.5 Å². The van der Waals surface area contributed by atoms with Crippen LogP contribution in [0, 0.1) is 5.92 Å². The van der Waals surface area contributed by atoms with E-state index in [2.05, 4.69) is 0 Å². The molecule has 1 fully saturated rings. The van der Waals surface area contributed by atoms with Gasteiger partial charge < -0.3 is 23.7 Å². The zero-order valence-electron chi connectivity index (χ0n) is 16.8. The summed E-state index contributed by atoms with van der Waals surface area (Å²) in [6.45, 7) is 0.550. The van der Waals surface area contributed by atoms with Gasteiger partial charge in [-0.05, 0) is 37.1 Å². The predicted octanol–water partition coefficient (Wildman–Crippen LogP) is 4.38. The molecule has 0 radical (unpaired) electrons. The first-order chi connectivity index (χ1) is 15.0. The van der Waals surface area contributed by atoms with Gasteiger partial charge in [-0.15, -0.1) is 0 Å². The molecule has 0 spiro atoms. The third-order valence-electron chi connectivity index (χ3n) is 5.30. The van der Waals surface area contributed by atoms with E-state index in [1.165, 1.54) is 6.07 Å². The fourth-order valence-electron chi connectivity index (χ4n) is 3.50. The Labute approximate surface area is 183 Å². The molecule has 2 aromatic carbocycles. The highest BCUT2D eigenvalue weighted by molar-refractivity contribution is 6.34. The highest BCUT2D eigenvalue weighted by atomic mass is 35.5. The van der Waals surface area contributed by atoms with Crippen molar-refractivity contribution in [2.45, 2.75) is 18.9 Å².